The highest BCUT2D eigenvalue weighted by Crippen LogP contribution is 2.24. The van der Waals surface area contributed by atoms with Gasteiger partial charge in [0, 0.05) is 4.47 Å². The van der Waals surface area contributed by atoms with E-state index < -0.39 is 5.97 Å². The Balaban J connectivity index is 2.69. The molecule has 0 spiro atoms. The van der Waals surface area contributed by atoms with Crippen LogP contribution in [0.15, 0.2) is 16.6 Å². The maximum Gasteiger partial charge on any atom is 0.340 e. The van der Waals surface area contributed by atoms with Gasteiger partial charge < -0.3 is 4.74 Å². The number of esters is 1. The first-order chi connectivity index (χ1) is 7.17. The number of benzene rings is 1. The minimum absolute atomic E-state index is 0.354. The highest BCUT2D eigenvalue weighted by atomic mass is 79.9. The zero-order valence-electron chi connectivity index (χ0n) is 7.78. The second-order valence-electron chi connectivity index (χ2n) is 2.93. The molecule has 0 saturated heterocycles. The number of nitrogens with one attached hydrogen (secondary N) is 1. The summed E-state index contributed by atoms with van der Waals surface area (Å²) in [5.41, 5.74) is 1.62. The van der Waals surface area contributed by atoms with E-state index in [9.17, 15) is 9.59 Å². The Labute approximate surface area is 93.1 Å². The van der Waals surface area contributed by atoms with E-state index in [4.69, 9.17) is 0 Å². The minimum atomic E-state index is -0.471. The molecule has 0 saturated carbocycles. The Hall–Kier alpha value is -1.56. The summed E-state index contributed by atoms with van der Waals surface area (Å²) in [4.78, 5) is 22.0. The van der Waals surface area contributed by atoms with E-state index in [-0.39, 0.29) is 0 Å². The lowest BCUT2D eigenvalue weighted by Crippen LogP contribution is -2.15. The number of hydrogen-bond donors (Lipinski definition) is 1. The van der Waals surface area contributed by atoms with Crippen LogP contribution >= 0.6 is 15.9 Å². The van der Waals surface area contributed by atoms with Crippen LogP contribution in [0.2, 0.25) is 0 Å². The summed E-state index contributed by atoms with van der Waals surface area (Å²) >= 11 is 3.27. The third-order valence-corrected chi connectivity index (χ3v) is 2.53. The first kappa shape index (κ1) is 9.97. The van der Waals surface area contributed by atoms with Crippen LogP contribution in [0.3, 0.4) is 0 Å². The van der Waals surface area contributed by atoms with Gasteiger partial charge in [0.1, 0.15) is 5.52 Å². The second kappa shape index (κ2) is 3.54. The molecule has 78 valence electrons. The molecule has 2 aromatic rings. The Morgan fingerprint density at radius 1 is 1.60 bits per heavy atom. The van der Waals surface area contributed by atoms with Gasteiger partial charge in [0.05, 0.1) is 18.2 Å². The Bertz CT molecular complexity index is 541. The minimum Gasteiger partial charge on any atom is -0.465 e. The summed E-state index contributed by atoms with van der Waals surface area (Å²) in [6.07, 6.45) is 0.600. The molecule has 0 aliphatic rings. The van der Waals surface area contributed by atoms with Crippen LogP contribution in [0, 0.1) is 0 Å². The van der Waals surface area contributed by atoms with Gasteiger partial charge in [0.25, 0.3) is 0 Å². The molecule has 15 heavy (non-hydrogen) atoms. The molecule has 0 fully saturated rings. The summed E-state index contributed by atoms with van der Waals surface area (Å²) in [6, 6.07) is 3.39. The van der Waals surface area contributed by atoms with Crippen molar-refractivity contribution in [1.82, 2.24) is 9.78 Å². The van der Waals surface area contributed by atoms with Crippen LogP contribution in [-0.4, -0.2) is 29.3 Å². The maximum atomic E-state index is 11.4. The van der Waals surface area contributed by atoms with E-state index in [0.29, 0.717) is 17.5 Å². The lowest BCUT2D eigenvalue weighted by Gasteiger charge is -2.14. The van der Waals surface area contributed by atoms with Crippen molar-refractivity contribution in [2.75, 3.05) is 7.11 Å². The van der Waals surface area contributed by atoms with Gasteiger partial charge in [-0.1, -0.05) is 15.9 Å². The van der Waals surface area contributed by atoms with E-state index in [1.54, 1.807) is 12.1 Å². The summed E-state index contributed by atoms with van der Waals surface area (Å²) < 4.78 is 6.60. The molecule has 6 heteroatoms. The molecule has 0 amide bonds. The molecule has 0 unspecified atom stereocenters. The van der Waals surface area contributed by atoms with Crippen molar-refractivity contribution >= 4 is 39.3 Å². The van der Waals surface area contributed by atoms with E-state index in [2.05, 4.69) is 25.8 Å². The molecule has 0 atom stereocenters. The van der Waals surface area contributed by atoms with Gasteiger partial charge in [-0.25, -0.2) is 9.48 Å². The summed E-state index contributed by atoms with van der Waals surface area (Å²) in [7, 11) is 1.30. The van der Waals surface area contributed by atoms with Crippen molar-refractivity contribution in [2.45, 2.75) is 0 Å². The largest absolute Gasteiger partial charge is 0.465 e. The van der Waals surface area contributed by atoms with Gasteiger partial charge in [0.15, 0.2) is 0 Å². The fraction of sp³-hybridized carbons (Fsp3) is 0.111. The first-order valence-electron chi connectivity index (χ1n) is 4.10. The zero-order valence-corrected chi connectivity index (χ0v) is 9.37. The van der Waals surface area contributed by atoms with Crippen molar-refractivity contribution in [3.8, 4) is 0 Å². The molecule has 0 aliphatic carbocycles. The van der Waals surface area contributed by atoms with Crippen LogP contribution in [0.1, 0.15) is 10.4 Å². The van der Waals surface area contributed by atoms with Crippen LogP contribution in [-0.2, 0) is 9.53 Å². The van der Waals surface area contributed by atoms with Gasteiger partial charge in [-0.3, -0.25) is 9.89 Å². The molecule has 2 rings (SSSR count). The number of hydrogen-bond acceptors (Lipinski definition) is 3. The fourth-order valence-electron chi connectivity index (χ4n) is 1.42. The summed E-state index contributed by atoms with van der Waals surface area (Å²) in [6.45, 7) is 0. The monoisotopic (exact) mass is 270 g/mol. The van der Waals surface area contributed by atoms with Crippen molar-refractivity contribution < 1.29 is 14.3 Å². The van der Waals surface area contributed by atoms with Crippen molar-refractivity contribution in [2.24, 2.45) is 0 Å². The highest BCUT2D eigenvalue weighted by molar-refractivity contribution is 9.10. The molecular formula is C9H7BrN2O3. The van der Waals surface area contributed by atoms with Crippen molar-refractivity contribution in [1.29, 1.82) is 0 Å². The molecule has 1 aromatic heterocycles. The smallest absolute Gasteiger partial charge is 0.340 e. The number of halogens is 1. The van der Waals surface area contributed by atoms with E-state index in [0.717, 1.165) is 9.99 Å². The van der Waals surface area contributed by atoms with Gasteiger partial charge in [0.2, 0.25) is 6.41 Å². The highest BCUT2D eigenvalue weighted by Gasteiger charge is 2.17. The van der Waals surface area contributed by atoms with Gasteiger partial charge >= 0.3 is 5.97 Å². The third-order valence-electron chi connectivity index (χ3n) is 2.07. The predicted molar refractivity (Wildman–Crippen MR) is 57.5 cm³/mol. The fourth-order valence-corrected chi connectivity index (χ4v) is 1.88. The number of rotatable bonds is 2. The molecule has 0 bridgehead atoms. The van der Waals surface area contributed by atoms with Gasteiger partial charge in [-0.15, -0.1) is 0 Å². The number of ether oxygens (including phenoxy) is 1. The average molecular weight is 271 g/mol. The van der Waals surface area contributed by atoms with E-state index in [1.165, 1.54) is 11.8 Å². The lowest BCUT2D eigenvalue weighted by molar-refractivity contribution is 0.0602. The lowest BCUT2D eigenvalue weighted by atomic mass is 10.1. The SMILES string of the molecule is COC(=O)c1cc(Br)cc2[nH]n(C=O)c12. The number of H-pyrrole nitrogens is 1. The third kappa shape index (κ3) is 1.46. The predicted octanol–water partition coefficient (Wildman–Crippen LogP) is 1.56. The van der Waals surface area contributed by atoms with Crippen LogP contribution in [0.4, 0.5) is 0 Å². The van der Waals surface area contributed by atoms with E-state index in [1.807, 2.05) is 0 Å². The van der Waals surface area contributed by atoms with Crippen molar-refractivity contribution in [3.05, 3.63) is 22.2 Å². The van der Waals surface area contributed by atoms with Gasteiger partial charge in [-0.2, -0.15) is 0 Å². The molecule has 0 radical (unpaired) electrons. The quantitative estimate of drug-likeness (QED) is 0.665. The molecule has 5 nitrogen and oxygen atoms in total. The number of carbonyl (C=O) groups is 2. The molecule has 1 N–H and O–H groups in total. The zero-order chi connectivity index (χ0) is 11.0. The van der Waals surface area contributed by atoms with E-state index >= 15 is 0 Å². The normalized spacial score (nSPS) is 10.5. The topological polar surface area (TPSA) is 64.1 Å². The van der Waals surface area contributed by atoms with Crippen LogP contribution in [0.25, 0.3) is 11.0 Å². The molecular weight excluding hydrogens is 264 g/mol. The number of aromatic nitrogens is 2. The standard InChI is InChI=1S/C9H7BrN2O3/c1-15-9(14)6-2-5(10)3-7-8(6)12(4-13)11-7/h2-4,11H,1H3. The number of methoxy groups -OCH3 is 1. The molecule has 1 aromatic carbocycles. The molecule has 0 aliphatic heterocycles. The Morgan fingerprint density at radius 3 is 2.93 bits per heavy atom. The van der Waals surface area contributed by atoms with Gasteiger partial charge in [-0.05, 0) is 12.1 Å². The van der Waals surface area contributed by atoms with Crippen molar-refractivity contribution in [3.63, 3.8) is 0 Å². The first-order valence-corrected chi connectivity index (χ1v) is 4.89. The maximum absolute atomic E-state index is 11.4. The summed E-state index contributed by atoms with van der Waals surface area (Å²) in [5, 5.41) is 2.76. The Morgan fingerprint density at radius 2 is 2.33 bits per heavy atom. The number of aromatic amines is 1. The number of nitrogens with zero attached hydrogens (tertiary/aromatic N) is 1. The number of carbonyl (C=O) groups excluding carboxylic acids is 2. The van der Waals surface area contributed by atoms with Crippen LogP contribution < -0.4 is 0 Å². The average Bonchev–Trinajstić information content (AvgIpc) is 2.20. The summed E-state index contributed by atoms with van der Waals surface area (Å²) in [5.74, 6) is -0.471. The second-order valence-corrected chi connectivity index (χ2v) is 3.84. The molecule has 1 heterocycles. The number of fused-ring (bicyclic) bond motifs is 1. The van der Waals surface area contributed by atoms with Crippen LogP contribution in [0.5, 0.6) is 0 Å². The Kier molecular flexibility index (Phi) is 2.36.